The van der Waals surface area contributed by atoms with Gasteiger partial charge in [0.15, 0.2) is 0 Å². The number of aromatic amines is 1. The van der Waals surface area contributed by atoms with Gasteiger partial charge in [-0.2, -0.15) is 8.42 Å². The summed E-state index contributed by atoms with van der Waals surface area (Å²) in [6.45, 7) is 1.55. The molecule has 1 aromatic heterocycles. The van der Waals surface area contributed by atoms with E-state index < -0.39 is 27.1 Å². The van der Waals surface area contributed by atoms with Crippen molar-refractivity contribution in [3.63, 3.8) is 0 Å². The third-order valence-electron chi connectivity index (χ3n) is 5.18. The van der Waals surface area contributed by atoms with Crippen LogP contribution >= 0.6 is 0 Å². The van der Waals surface area contributed by atoms with E-state index in [-0.39, 0.29) is 12.5 Å². The standard InChI is InChI=1S/C22H21N3O6S/c1-15-17(11-12-20-23-24-21(26)31-20)13-18-9-5-6-10-19(18)25(15)32(28,29)22(27)30-14-16-7-3-2-4-8-16/h2-10,13,15H,11-12,14H2,1H3,(H,24,26)/t15-/m1/s1. The number of rotatable bonds is 6. The Morgan fingerprint density at radius 2 is 1.84 bits per heavy atom. The second-order valence-corrected chi connectivity index (χ2v) is 8.96. The Kier molecular flexibility index (Phi) is 5.95. The van der Waals surface area contributed by atoms with E-state index in [0.717, 1.165) is 9.88 Å². The van der Waals surface area contributed by atoms with E-state index in [0.29, 0.717) is 29.7 Å². The van der Waals surface area contributed by atoms with Crippen LogP contribution in [0.3, 0.4) is 0 Å². The van der Waals surface area contributed by atoms with Gasteiger partial charge in [0, 0.05) is 6.42 Å². The molecule has 0 aliphatic carbocycles. The lowest BCUT2D eigenvalue weighted by atomic mass is 9.95. The van der Waals surface area contributed by atoms with Crippen LogP contribution < -0.4 is 10.1 Å². The van der Waals surface area contributed by atoms with Gasteiger partial charge in [-0.15, -0.1) is 5.10 Å². The molecule has 0 unspecified atom stereocenters. The number of carbonyl (C=O) groups excluding carboxylic acids is 1. The first-order valence-corrected chi connectivity index (χ1v) is 11.4. The highest BCUT2D eigenvalue weighted by molar-refractivity contribution is 8.06. The first-order valence-electron chi connectivity index (χ1n) is 9.95. The quantitative estimate of drug-likeness (QED) is 0.566. The normalized spacial score (nSPS) is 15.7. The van der Waals surface area contributed by atoms with Crippen LogP contribution in [0.25, 0.3) is 6.08 Å². The maximum atomic E-state index is 13.3. The van der Waals surface area contributed by atoms with Crippen molar-refractivity contribution >= 4 is 27.1 Å². The maximum Gasteiger partial charge on any atom is 0.445 e. The zero-order valence-corrected chi connectivity index (χ0v) is 18.0. The van der Waals surface area contributed by atoms with Gasteiger partial charge in [-0.3, -0.25) is 4.31 Å². The molecule has 1 atom stereocenters. The molecule has 0 spiro atoms. The molecule has 166 valence electrons. The van der Waals surface area contributed by atoms with Crippen LogP contribution in [0, 0.1) is 0 Å². The molecular formula is C22H21N3O6S. The Labute approximate surface area is 184 Å². The summed E-state index contributed by atoms with van der Waals surface area (Å²) in [6, 6.07) is 15.1. The number of aromatic nitrogens is 2. The fourth-order valence-corrected chi connectivity index (χ4v) is 4.94. The van der Waals surface area contributed by atoms with E-state index in [4.69, 9.17) is 9.15 Å². The average molecular weight is 455 g/mol. The number of benzene rings is 2. The second-order valence-electron chi connectivity index (χ2n) is 7.29. The zero-order valence-electron chi connectivity index (χ0n) is 17.2. The number of anilines is 1. The number of carbonyl (C=O) groups is 1. The summed E-state index contributed by atoms with van der Waals surface area (Å²) in [5, 5.41) is 4.66. The molecule has 2 aromatic carbocycles. The summed E-state index contributed by atoms with van der Waals surface area (Å²) in [7, 11) is -4.47. The van der Waals surface area contributed by atoms with Crippen molar-refractivity contribution in [3.05, 3.63) is 87.7 Å². The first-order chi connectivity index (χ1) is 15.4. The van der Waals surface area contributed by atoms with Gasteiger partial charge in [-0.25, -0.2) is 14.7 Å². The maximum absolute atomic E-state index is 13.3. The van der Waals surface area contributed by atoms with E-state index in [1.165, 1.54) is 0 Å². The van der Waals surface area contributed by atoms with Crippen molar-refractivity contribution < 1.29 is 22.4 Å². The monoisotopic (exact) mass is 455 g/mol. The highest BCUT2D eigenvalue weighted by Crippen LogP contribution is 2.36. The topological polar surface area (TPSA) is 123 Å². The number of para-hydroxylation sites is 1. The molecule has 32 heavy (non-hydrogen) atoms. The lowest BCUT2D eigenvalue weighted by Gasteiger charge is -2.35. The van der Waals surface area contributed by atoms with E-state index in [1.54, 1.807) is 55.5 Å². The Morgan fingerprint density at radius 1 is 1.12 bits per heavy atom. The molecule has 0 amide bonds. The second kappa shape index (κ2) is 8.83. The van der Waals surface area contributed by atoms with Crippen molar-refractivity contribution in [2.75, 3.05) is 4.31 Å². The van der Waals surface area contributed by atoms with Crippen LogP contribution in [-0.2, 0) is 27.8 Å². The number of aryl methyl sites for hydroxylation is 1. The Bertz CT molecular complexity index is 1310. The lowest BCUT2D eigenvalue weighted by Crippen LogP contribution is -2.45. The third kappa shape index (κ3) is 4.35. The summed E-state index contributed by atoms with van der Waals surface area (Å²) < 4.78 is 37.6. The highest BCUT2D eigenvalue weighted by Gasteiger charge is 2.39. The van der Waals surface area contributed by atoms with Gasteiger partial charge in [0.05, 0.1) is 11.7 Å². The number of hydrogen-bond acceptors (Lipinski definition) is 7. The van der Waals surface area contributed by atoms with Crippen LogP contribution in [0.5, 0.6) is 0 Å². The number of ether oxygens (including phenoxy) is 1. The zero-order chi connectivity index (χ0) is 22.7. The Morgan fingerprint density at radius 3 is 2.56 bits per heavy atom. The first kappa shape index (κ1) is 21.6. The number of fused-ring (bicyclic) bond motifs is 1. The van der Waals surface area contributed by atoms with Crippen molar-refractivity contribution in [1.82, 2.24) is 10.2 Å². The largest absolute Gasteiger partial charge is 0.448 e. The average Bonchev–Trinajstić information content (AvgIpc) is 3.21. The summed E-state index contributed by atoms with van der Waals surface area (Å²) in [4.78, 5) is 23.8. The van der Waals surface area contributed by atoms with Crippen LogP contribution in [0.4, 0.5) is 10.5 Å². The third-order valence-corrected chi connectivity index (χ3v) is 6.75. The van der Waals surface area contributed by atoms with Gasteiger partial charge in [0.2, 0.25) is 5.89 Å². The summed E-state index contributed by atoms with van der Waals surface area (Å²) in [5.74, 6) is -0.431. The number of H-pyrrole nitrogens is 1. The molecule has 4 rings (SSSR count). The fourth-order valence-electron chi connectivity index (χ4n) is 3.60. The minimum absolute atomic E-state index is 0.149. The van der Waals surface area contributed by atoms with Crippen LogP contribution in [-0.4, -0.2) is 30.0 Å². The SMILES string of the molecule is C[C@@H]1C(CCc2n[nH]c(=O)o2)=Cc2ccccc2N1S(=O)(=O)C(=O)OCc1ccccc1. The molecular weight excluding hydrogens is 434 g/mol. The molecule has 1 aliphatic rings. The molecule has 2 heterocycles. The van der Waals surface area contributed by atoms with Gasteiger partial charge < -0.3 is 9.15 Å². The molecule has 0 radical (unpaired) electrons. The van der Waals surface area contributed by atoms with Crippen molar-refractivity contribution in [2.24, 2.45) is 0 Å². The van der Waals surface area contributed by atoms with Gasteiger partial charge in [-0.1, -0.05) is 54.6 Å². The molecule has 0 bridgehead atoms. The summed E-state index contributed by atoms with van der Waals surface area (Å²) in [5.41, 5.74) is 2.48. The fraction of sp³-hybridized carbons (Fsp3) is 0.227. The predicted octanol–water partition coefficient (Wildman–Crippen LogP) is 3.25. The molecule has 0 saturated heterocycles. The van der Waals surface area contributed by atoms with E-state index in [2.05, 4.69) is 10.2 Å². The highest BCUT2D eigenvalue weighted by atomic mass is 32.2. The van der Waals surface area contributed by atoms with Gasteiger partial charge in [0.25, 0.3) is 0 Å². The van der Waals surface area contributed by atoms with Crippen LogP contribution in [0.15, 0.2) is 69.4 Å². The summed E-state index contributed by atoms with van der Waals surface area (Å²) >= 11 is 0. The summed E-state index contributed by atoms with van der Waals surface area (Å²) in [6.07, 6.45) is 2.56. The van der Waals surface area contributed by atoms with Crippen LogP contribution in [0.2, 0.25) is 0 Å². The predicted molar refractivity (Wildman–Crippen MR) is 117 cm³/mol. The smallest absolute Gasteiger partial charge is 0.445 e. The van der Waals surface area contributed by atoms with Gasteiger partial charge in [-0.05, 0) is 36.1 Å². The van der Waals surface area contributed by atoms with Crippen LogP contribution in [0.1, 0.15) is 30.4 Å². The number of hydrogen-bond donors (Lipinski definition) is 1. The molecule has 1 N–H and O–H groups in total. The van der Waals surface area contributed by atoms with E-state index in [9.17, 15) is 18.0 Å². The molecule has 9 nitrogen and oxygen atoms in total. The van der Waals surface area contributed by atoms with E-state index in [1.807, 2.05) is 12.1 Å². The lowest BCUT2D eigenvalue weighted by molar-refractivity contribution is 0.165. The number of nitrogens with zero attached hydrogens (tertiary/aromatic N) is 2. The van der Waals surface area contributed by atoms with Crippen molar-refractivity contribution in [1.29, 1.82) is 0 Å². The number of nitrogens with one attached hydrogen (secondary N) is 1. The molecule has 0 saturated carbocycles. The molecule has 10 heteroatoms. The van der Waals surface area contributed by atoms with Crippen molar-refractivity contribution in [2.45, 2.75) is 32.4 Å². The van der Waals surface area contributed by atoms with Gasteiger partial charge in [0.1, 0.15) is 6.61 Å². The number of sulfonamides is 1. The minimum Gasteiger partial charge on any atom is -0.448 e. The van der Waals surface area contributed by atoms with Gasteiger partial charge >= 0.3 is 21.1 Å². The Balaban J connectivity index is 1.59. The van der Waals surface area contributed by atoms with E-state index >= 15 is 0 Å². The molecule has 0 fully saturated rings. The Hall–Kier alpha value is -3.66. The minimum atomic E-state index is -4.47. The molecule has 3 aromatic rings. The molecule has 1 aliphatic heterocycles. The van der Waals surface area contributed by atoms with Crippen molar-refractivity contribution in [3.8, 4) is 0 Å².